The van der Waals surface area contributed by atoms with Crippen LogP contribution in [0, 0.1) is 26.7 Å². The van der Waals surface area contributed by atoms with Gasteiger partial charge in [-0.25, -0.2) is 0 Å². The molecule has 0 bridgehead atoms. The predicted molar refractivity (Wildman–Crippen MR) is 123 cm³/mol. The van der Waals surface area contributed by atoms with Crippen LogP contribution >= 0.6 is 0 Å². The number of likely N-dealkylation sites (tertiary alicyclic amines) is 1. The fourth-order valence-corrected chi connectivity index (χ4v) is 5.07. The first-order chi connectivity index (χ1) is 15.8. The van der Waals surface area contributed by atoms with Crippen molar-refractivity contribution in [2.24, 2.45) is 13.0 Å². The molecule has 2 aromatic heterocycles. The van der Waals surface area contributed by atoms with Gasteiger partial charge in [0.1, 0.15) is 17.5 Å². The van der Waals surface area contributed by atoms with Crippen LogP contribution in [-0.2, 0) is 7.05 Å². The van der Waals surface area contributed by atoms with E-state index >= 15 is 0 Å². The lowest BCUT2D eigenvalue weighted by Gasteiger charge is -2.37. The number of hydrogen-bond donors (Lipinski definition) is 1. The quantitative estimate of drug-likeness (QED) is 0.662. The van der Waals surface area contributed by atoms with E-state index in [0.29, 0.717) is 36.5 Å². The molecule has 1 amide bonds. The molecule has 0 unspecified atom stereocenters. The number of aromatic amines is 1. The van der Waals surface area contributed by atoms with Crippen molar-refractivity contribution >= 4 is 11.7 Å². The number of aryl methyl sites for hydroxylation is 3. The molecule has 3 aromatic rings. The summed E-state index contributed by atoms with van der Waals surface area (Å²) in [5.74, 6) is 1.04. The summed E-state index contributed by atoms with van der Waals surface area (Å²) in [6, 6.07) is 7.59. The van der Waals surface area contributed by atoms with E-state index in [-0.39, 0.29) is 23.7 Å². The number of amides is 1. The second kappa shape index (κ2) is 8.17. The van der Waals surface area contributed by atoms with Crippen molar-refractivity contribution in [2.45, 2.75) is 46.1 Å². The molecule has 8 heteroatoms. The minimum Gasteiger partial charge on any atom is -0.489 e. The molecule has 0 aliphatic carbocycles. The molecule has 0 spiro atoms. The van der Waals surface area contributed by atoms with Crippen molar-refractivity contribution in [3.05, 3.63) is 52.5 Å². The lowest BCUT2D eigenvalue weighted by molar-refractivity contribution is 0.0449. The Balaban J connectivity index is 1.24. The summed E-state index contributed by atoms with van der Waals surface area (Å²) in [5, 5.41) is 11.7. The first kappa shape index (κ1) is 21.4. The van der Waals surface area contributed by atoms with Crippen LogP contribution in [0.15, 0.2) is 24.3 Å². The Morgan fingerprint density at radius 3 is 2.61 bits per heavy atom. The molecular formula is C25H29N5O3. The van der Waals surface area contributed by atoms with E-state index in [2.05, 4.69) is 15.3 Å². The Morgan fingerprint density at radius 1 is 1.15 bits per heavy atom. The Bertz CT molecular complexity index is 1230. The van der Waals surface area contributed by atoms with E-state index in [9.17, 15) is 9.59 Å². The highest BCUT2D eigenvalue weighted by molar-refractivity contribution is 6.00. The van der Waals surface area contributed by atoms with Crippen LogP contribution in [0.4, 0.5) is 0 Å². The lowest BCUT2D eigenvalue weighted by Crippen LogP contribution is -2.44. The van der Waals surface area contributed by atoms with Crippen LogP contribution in [-0.4, -0.2) is 55.8 Å². The van der Waals surface area contributed by atoms with Gasteiger partial charge in [0.2, 0.25) is 0 Å². The van der Waals surface area contributed by atoms with Crippen molar-refractivity contribution in [3.8, 4) is 17.0 Å². The summed E-state index contributed by atoms with van der Waals surface area (Å²) in [6.45, 7) is 7.19. The molecule has 1 fully saturated rings. The van der Waals surface area contributed by atoms with E-state index < -0.39 is 0 Å². The van der Waals surface area contributed by atoms with E-state index in [0.717, 1.165) is 41.1 Å². The van der Waals surface area contributed by atoms with Gasteiger partial charge in [-0.05, 0) is 57.7 Å². The third-order valence-corrected chi connectivity index (χ3v) is 7.03. The van der Waals surface area contributed by atoms with Crippen LogP contribution < -0.4 is 4.74 Å². The highest BCUT2D eigenvalue weighted by atomic mass is 16.5. The average molecular weight is 448 g/mol. The number of hydrogen-bond acceptors (Lipinski definition) is 5. The zero-order valence-corrected chi connectivity index (χ0v) is 19.5. The smallest absolute Gasteiger partial charge is 0.271 e. The van der Waals surface area contributed by atoms with Gasteiger partial charge in [-0.2, -0.15) is 10.2 Å². The number of aromatic nitrogens is 4. The van der Waals surface area contributed by atoms with Crippen molar-refractivity contribution in [3.63, 3.8) is 0 Å². The van der Waals surface area contributed by atoms with E-state index in [1.165, 1.54) is 0 Å². The Labute approximate surface area is 192 Å². The maximum absolute atomic E-state index is 13.1. The lowest BCUT2D eigenvalue weighted by atomic mass is 9.85. The number of carbonyl (C=O) groups excluding carboxylic acids is 2. The minimum absolute atomic E-state index is 0.0483. The molecule has 0 radical (unpaired) electrons. The summed E-state index contributed by atoms with van der Waals surface area (Å²) in [7, 11) is 1.90. The molecule has 2 aliphatic heterocycles. The summed E-state index contributed by atoms with van der Waals surface area (Å²) in [5.41, 5.74) is 5.83. The van der Waals surface area contributed by atoms with Gasteiger partial charge in [0.05, 0.1) is 17.0 Å². The predicted octanol–water partition coefficient (Wildman–Crippen LogP) is 3.62. The molecule has 5 rings (SSSR count). The molecule has 1 aromatic carbocycles. The van der Waals surface area contributed by atoms with E-state index in [1.807, 2.05) is 61.7 Å². The van der Waals surface area contributed by atoms with Crippen LogP contribution in [0.2, 0.25) is 0 Å². The van der Waals surface area contributed by atoms with Crippen LogP contribution in [0.5, 0.6) is 5.75 Å². The summed E-state index contributed by atoms with van der Waals surface area (Å²) < 4.78 is 8.03. The molecule has 2 aliphatic rings. The summed E-state index contributed by atoms with van der Waals surface area (Å²) >= 11 is 0. The van der Waals surface area contributed by atoms with Crippen LogP contribution in [0.1, 0.15) is 57.1 Å². The van der Waals surface area contributed by atoms with Crippen molar-refractivity contribution in [1.82, 2.24) is 24.9 Å². The number of nitrogens with zero attached hydrogens (tertiary/aromatic N) is 4. The van der Waals surface area contributed by atoms with Gasteiger partial charge in [-0.15, -0.1) is 0 Å². The fourth-order valence-electron chi connectivity index (χ4n) is 5.07. The Kier molecular flexibility index (Phi) is 5.31. The van der Waals surface area contributed by atoms with Gasteiger partial charge in [0.25, 0.3) is 5.91 Å². The van der Waals surface area contributed by atoms with Gasteiger partial charge in [-0.1, -0.05) is 11.6 Å². The molecule has 0 saturated carbocycles. The maximum atomic E-state index is 13.1. The zero-order chi connectivity index (χ0) is 23.3. The van der Waals surface area contributed by atoms with Gasteiger partial charge < -0.3 is 9.64 Å². The first-order valence-corrected chi connectivity index (χ1v) is 11.5. The molecule has 1 saturated heterocycles. The number of piperidine rings is 1. The van der Waals surface area contributed by atoms with Crippen LogP contribution in [0.3, 0.4) is 0 Å². The average Bonchev–Trinajstić information content (AvgIpc) is 3.37. The van der Waals surface area contributed by atoms with Crippen LogP contribution in [0.25, 0.3) is 11.3 Å². The molecule has 172 valence electrons. The molecule has 33 heavy (non-hydrogen) atoms. The number of benzene rings is 1. The molecular weight excluding hydrogens is 418 g/mol. The van der Waals surface area contributed by atoms with Gasteiger partial charge in [0, 0.05) is 37.8 Å². The number of ether oxygens (including phenoxy) is 1. The van der Waals surface area contributed by atoms with Gasteiger partial charge in [-0.3, -0.25) is 19.4 Å². The molecule has 1 N–H and O–H groups in total. The summed E-state index contributed by atoms with van der Waals surface area (Å²) in [4.78, 5) is 27.6. The summed E-state index contributed by atoms with van der Waals surface area (Å²) in [6.07, 6.45) is 1.91. The number of nitrogens with one attached hydrogen (secondary N) is 1. The highest BCUT2D eigenvalue weighted by Crippen LogP contribution is 2.34. The van der Waals surface area contributed by atoms with Crippen molar-refractivity contribution in [2.75, 3.05) is 13.1 Å². The zero-order valence-electron chi connectivity index (χ0n) is 19.5. The largest absolute Gasteiger partial charge is 0.489 e. The number of rotatable bonds is 3. The normalized spacial score (nSPS) is 18.8. The number of fused-ring (bicyclic) bond motifs is 1. The molecule has 8 nitrogen and oxygen atoms in total. The number of H-pyrrole nitrogens is 1. The highest BCUT2D eigenvalue weighted by Gasteiger charge is 2.35. The Morgan fingerprint density at radius 2 is 1.91 bits per heavy atom. The topological polar surface area (TPSA) is 93.1 Å². The third-order valence-electron chi connectivity index (χ3n) is 7.03. The van der Waals surface area contributed by atoms with E-state index in [4.69, 9.17) is 4.74 Å². The number of ketones is 1. The molecule has 4 heterocycles. The molecule has 1 atom stereocenters. The standard InChI is InChI=1S/C25H29N5O3/c1-14-5-6-22-18(11-14)21(31)13-23(33-22)17-7-9-30(10-8-17)25(32)20-12-19(26-27-20)24-15(2)28-29(4)16(24)3/h5-6,11-12,17,23H,7-10,13H2,1-4H3,(H,26,27)/t23-/m1/s1. The minimum atomic E-state index is -0.125. The van der Waals surface area contributed by atoms with Gasteiger partial charge >= 0.3 is 0 Å². The SMILES string of the molecule is Cc1ccc2c(c1)C(=O)C[C@H](C1CCN(C(=O)c3cc(-c4c(C)nn(C)c4C)n[nH]3)CC1)O2. The fraction of sp³-hybridized carbons (Fsp3) is 0.440. The van der Waals surface area contributed by atoms with E-state index in [1.54, 1.807) is 0 Å². The number of carbonyl (C=O) groups is 2. The van der Waals surface area contributed by atoms with Gasteiger partial charge in [0.15, 0.2) is 5.78 Å². The van der Waals surface area contributed by atoms with Crippen molar-refractivity contribution < 1.29 is 14.3 Å². The first-order valence-electron chi connectivity index (χ1n) is 11.5. The number of Topliss-reactive ketones (excluding diaryl/α,β-unsaturated/α-hetero) is 1. The second-order valence-electron chi connectivity index (χ2n) is 9.25. The second-order valence-corrected chi connectivity index (χ2v) is 9.25. The maximum Gasteiger partial charge on any atom is 0.271 e. The monoisotopic (exact) mass is 447 g/mol. The third kappa shape index (κ3) is 3.83. The van der Waals surface area contributed by atoms with Crippen molar-refractivity contribution in [1.29, 1.82) is 0 Å². The Hall–Kier alpha value is -3.42.